The number of aliphatic hydroxyl groups excluding tert-OH is 1. The molecule has 20 heavy (non-hydrogen) atoms. The Morgan fingerprint density at radius 2 is 2.05 bits per heavy atom. The van der Waals surface area contributed by atoms with Crippen molar-refractivity contribution in [2.45, 2.75) is 39.3 Å². The van der Waals surface area contributed by atoms with Gasteiger partial charge in [0.2, 0.25) is 0 Å². The maximum Gasteiger partial charge on any atom is 0.0718 e. The van der Waals surface area contributed by atoms with E-state index in [2.05, 4.69) is 35.8 Å². The van der Waals surface area contributed by atoms with Crippen molar-refractivity contribution in [3.05, 3.63) is 35.4 Å². The molecule has 1 aromatic carbocycles. The Balaban J connectivity index is 2.72. The SMILES string of the molecule is CCN(Cc1cccc(C#CCCO)c1)CC(C)(C)O. The van der Waals surface area contributed by atoms with Crippen LogP contribution in [0.4, 0.5) is 0 Å². The lowest BCUT2D eigenvalue weighted by atomic mass is 10.1. The summed E-state index contributed by atoms with van der Waals surface area (Å²) in [5, 5.41) is 18.6. The average molecular weight is 275 g/mol. The molecular formula is C17H25NO2. The van der Waals surface area contributed by atoms with Crippen LogP contribution in [0, 0.1) is 11.8 Å². The minimum atomic E-state index is -0.686. The van der Waals surface area contributed by atoms with Crippen molar-refractivity contribution in [3.63, 3.8) is 0 Å². The van der Waals surface area contributed by atoms with Crippen LogP contribution in [-0.2, 0) is 6.54 Å². The second-order valence-corrected chi connectivity index (χ2v) is 5.59. The van der Waals surface area contributed by atoms with E-state index in [-0.39, 0.29) is 6.61 Å². The first-order valence-electron chi connectivity index (χ1n) is 7.08. The normalized spacial score (nSPS) is 11.3. The van der Waals surface area contributed by atoms with Gasteiger partial charge in [0.05, 0.1) is 12.2 Å². The van der Waals surface area contributed by atoms with E-state index < -0.39 is 5.60 Å². The van der Waals surface area contributed by atoms with Gasteiger partial charge in [-0.1, -0.05) is 30.9 Å². The van der Waals surface area contributed by atoms with Gasteiger partial charge in [-0.2, -0.15) is 0 Å². The molecule has 0 aliphatic heterocycles. The van der Waals surface area contributed by atoms with E-state index in [4.69, 9.17) is 5.11 Å². The molecule has 0 aliphatic carbocycles. The molecule has 0 saturated heterocycles. The van der Waals surface area contributed by atoms with Gasteiger partial charge in [-0.3, -0.25) is 4.90 Å². The summed E-state index contributed by atoms with van der Waals surface area (Å²) in [6, 6.07) is 8.11. The summed E-state index contributed by atoms with van der Waals surface area (Å²) in [6.45, 7) is 8.18. The fraction of sp³-hybridized carbons (Fsp3) is 0.529. The van der Waals surface area contributed by atoms with E-state index >= 15 is 0 Å². The average Bonchev–Trinajstić information content (AvgIpc) is 2.37. The van der Waals surface area contributed by atoms with Gasteiger partial charge in [0, 0.05) is 25.1 Å². The van der Waals surface area contributed by atoms with Gasteiger partial charge < -0.3 is 10.2 Å². The maximum atomic E-state index is 9.91. The van der Waals surface area contributed by atoms with Crippen molar-refractivity contribution < 1.29 is 10.2 Å². The number of rotatable bonds is 6. The van der Waals surface area contributed by atoms with Crippen LogP contribution in [0.15, 0.2) is 24.3 Å². The Bertz CT molecular complexity index is 466. The van der Waals surface area contributed by atoms with Gasteiger partial charge in [-0.25, -0.2) is 0 Å². The van der Waals surface area contributed by atoms with Crippen molar-refractivity contribution in [2.75, 3.05) is 19.7 Å². The second kappa shape index (κ2) is 8.06. The number of nitrogens with zero attached hydrogens (tertiary/aromatic N) is 1. The molecular weight excluding hydrogens is 250 g/mol. The third-order valence-corrected chi connectivity index (χ3v) is 2.86. The third-order valence-electron chi connectivity index (χ3n) is 2.86. The standard InChI is InChI=1S/C17H25NO2/c1-4-18(14-17(2,3)20)13-16-10-7-9-15(12-16)8-5-6-11-19/h7,9-10,12,19-20H,4,6,11,13-14H2,1-3H3. The summed E-state index contributed by atoms with van der Waals surface area (Å²) in [7, 11) is 0. The Morgan fingerprint density at radius 1 is 1.30 bits per heavy atom. The van der Waals surface area contributed by atoms with Crippen molar-refractivity contribution >= 4 is 0 Å². The zero-order valence-corrected chi connectivity index (χ0v) is 12.7. The second-order valence-electron chi connectivity index (χ2n) is 5.59. The van der Waals surface area contributed by atoms with Gasteiger partial charge in [-0.05, 0) is 38.1 Å². The Kier molecular flexibility index (Phi) is 6.74. The lowest BCUT2D eigenvalue weighted by Crippen LogP contribution is -2.38. The highest BCUT2D eigenvalue weighted by Crippen LogP contribution is 2.11. The molecule has 0 atom stereocenters. The third kappa shape index (κ3) is 6.72. The van der Waals surface area contributed by atoms with Gasteiger partial charge in [0.1, 0.15) is 0 Å². The summed E-state index contributed by atoms with van der Waals surface area (Å²) >= 11 is 0. The number of benzene rings is 1. The van der Waals surface area contributed by atoms with Crippen molar-refractivity contribution in [2.24, 2.45) is 0 Å². The maximum absolute atomic E-state index is 9.91. The topological polar surface area (TPSA) is 43.7 Å². The van der Waals surface area contributed by atoms with E-state index in [1.54, 1.807) is 0 Å². The zero-order valence-electron chi connectivity index (χ0n) is 12.7. The minimum Gasteiger partial charge on any atom is -0.395 e. The van der Waals surface area contributed by atoms with Crippen LogP contribution in [0.1, 0.15) is 38.3 Å². The van der Waals surface area contributed by atoms with E-state index in [9.17, 15) is 5.11 Å². The Morgan fingerprint density at radius 3 is 2.65 bits per heavy atom. The first-order chi connectivity index (χ1) is 9.44. The first kappa shape index (κ1) is 16.7. The fourth-order valence-corrected chi connectivity index (χ4v) is 2.05. The van der Waals surface area contributed by atoms with E-state index in [1.807, 2.05) is 26.0 Å². The molecule has 1 aromatic rings. The Labute approximate surface area is 122 Å². The van der Waals surface area contributed by atoms with E-state index in [1.165, 1.54) is 5.56 Å². The van der Waals surface area contributed by atoms with Crippen LogP contribution >= 0.6 is 0 Å². The van der Waals surface area contributed by atoms with Crippen molar-refractivity contribution in [1.82, 2.24) is 4.90 Å². The number of aliphatic hydroxyl groups is 2. The smallest absolute Gasteiger partial charge is 0.0718 e. The number of hydrogen-bond acceptors (Lipinski definition) is 3. The van der Waals surface area contributed by atoms with Crippen LogP contribution in [0.3, 0.4) is 0 Å². The van der Waals surface area contributed by atoms with Crippen LogP contribution in [0.2, 0.25) is 0 Å². The van der Waals surface area contributed by atoms with Crippen LogP contribution in [-0.4, -0.2) is 40.4 Å². The molecule has 0 amide bonds. The van der Waals surface area contributed by atoms with Crippen LogP contribution in [0.5, 0.6) is 0 Å². The molecule has 0 saturated carbocycles. The van der Waals surface area contributed by atoms with Gasteiger partial charge in [0.15, 0.2) is 0 Å². The Hall–Kier alpha value is -1.34. The molecule has 2 N–H and O–H groups in total. The summed E-state index contributed by atoms with van der Waals surface area (Å²) in [6.07, 6.45) is 0.504. The molecule has 0 heterocycles. The van der Waals surface area contributed by atoms with Gasteiger partial charge >= 0.3 is 0 Å². The lowest BCUT2D eigenvalue weighted by Gasteiger charge is -2.28. The summed E-state index contributed by atoms with van der Waals surface area (Å²) in [5.74, 6) is 5.98. The van der Waals surface area contributed by atoms with E-state index in [0.717, 1.165) is 18.7 Å². The molecule has 0 radical (unpaired) electrons. The molecule has 110 valence electrons. The van der Waals surface area contributed by atoms with Crippen molar-refractivity contribution in [1.29, 1.82) is 0 Å². The summed E-state index contributed by atoms with van der Waals surface area (Å²) in [4.78, 5) is 2.21. The highest BCUT2D eigenvalue weighted by Gasteiger charge is 2.17. The minimum absolute atomic E-state index is 0.0991. The molecule has 0 aliphatic rings. The summed E-state index contributed by atoms with van der Waals surface area (Å²) < 4.78 is 0. The van der Waals surface area contributed by atoms with Crippen LogP contribution in [0.25, 0.3) is 0 Å². The number of likely N-dealkylation sites (N-methyl/N-ethyl adjacent to an activating group) is 1. The summed E-state index contributed by atoms with van der Waals surface area (Å²) in [5.41, 5.74) is 1.47. The quantitative estimate of drug-likeness (QED) is 0.781. The first-order valence-corrected chi connectivity index (χ1v) is 7.08. The molecule has 0 aromatic heterocycles. The molecule has 0 spiro atoms. The van der Waals surface area contributed by atoms with Crippen molar-refractivity contribution in [3.8, 4) is 11.8 Å². The highest BCUT2D eigenvalue weighted by molar-refractivity contribution is 5.37. The monoisotopic (exact) mass is 275 g/mol. The molecule has 1 rings (SSSR count). The molecule has 3 nitrogen and oxygen atoms in total. The number of hydrogen-bond donors (Lipinski definition) is 2. The lowest BCUT2D eigenvalue weighted by molar-refractivity contribution is 0.0353. The molecule has 0 fully saturated rings. The molecule has 0 unspecified atom stereocenters. The molecule has 3 heteroatoms. The van der Waals surface area contributed by atoms with Gasteiger partial charge in [-0.15, -0.1) is 0 Å². The van der Waals surface area contributed by atoms with Gasteiger partial charge in [0.25, 0.3) is 0 Å². The zero-order chi connectivity index (χ0) is 15.0. The molecule has 0 bridgehead atoms. The van der Waals surface area contributed by atoms with E-state index in [0.29, 0.717) is 13.0 Å². The van der Waals surface area contributed by atoms with Crippen LogP contribution < -0.4 is 0 Å². The predicted molar refractivity (Wildman–Crippen MR) is 82.3 cm³/mol. The largest absolute Gasteiger partial charge is 0.395 e. The highest BCUT2D eigenvalue weighted by atomic mass is 16.3. The predicted octanol–water partition coefficient (Wildman–Crippen LogP) is 2.01. The fourth-order valence-electron chi connectivity index (χ4n) is 2.05.